The number of piperidine rings is 2. The van der Waals surface area contributed by atoms with Crippen molar-refractivity contribution < 1.29 is 0 Å². The summed E-state index contributed by atoms with van der Waals surface area (Å²) in [5.74, 6) is 2.99. The number of aromatic nitrogens is 3. The summed E-state index contributed by atoms with van der Waals surface area (Å²) in [4.78, 5) is 19.2. The molecule has 3 heterocycles. The zero-order valence-corrected chi connectivity index (χ0v) is 16.3. The average molecular weight is 375 g/mol. The van der Waals surface area contributed by atoms with Crippen molar-refractivity contribution >= 4 is 11.9 Å². The van der Waals surface area contributed by atoms with Crippen molar-refractivity contribution in [2.75, 3.05) is 36.0 Å². The Morgan fingerprint density at radius 2 is 0.963 bits per heavy atom. The third-order valence-corrected chi connectivity index (χ3v) is 6.41. The quantitative estimate of drug-likeness (QED) is 0.707. The second-order valence-corrected chi connectivity index (χ2v) is 8.55. The normalized spacial score (nSPS) is 28.6. The van der Waals surface area contributed by atoms with Gasteiger partial charge in [-0.3, -0.25) is 0 Å². The van der Waals surface area contributed by atoms with E-state index in [1.54, 1.807) is 0 Å². The third-order valence-electron chi connectivity index (χ3n) is 6.41. The molecule has 3 aliphatic rings. The molecule has 150 valence electrons. The topological polar surface area (TPSA) is 123 Å². The van der Waals surface area contributed by atoms with Crippen LogP contribution < -0.4 is 27.0 Å². The fourth-order valence-electron chi connectivity index (χ4n) is 4.41. The lowest BCUT2D eigenvalue weighted by atomic mass is 9.86. The summed E-state index contributed by atoms with van der Waals surface area (Å²) >= 11 is 0. The summed E-state index contributed by atoms with van der Waals surface area (Å²) in [5.41, 5.74) is 18.3. The second kappa shape index (κ2) is 8.24. The lowest BCUT2D eigenvalue weighted by Gasteiger charge is -2.34. The Bertz CT molecular complexity index is 516. The fraction of sp³-hybridized carbons (Fsp3) is 0.842. The summed E-state index contributed by atoms with van der Waals surface area (Å²) in [5, 5.41) is 0. The zero-order valence-electron chi connectivity index (χ0n) is 16.3. The van der Waals surface area contributed by atoms with Gasteiger partial charge in [-0.15, -0.1) is 0 Å². The highest BCUT2D eigenvalue weighted by Crippen LogP contribution is 2.32. The van der Waals surface area contributed by atoms with Crippen molar-refractivity contribution in [1.29, 1.82) is 0 Å². The molecule has 1 aromatic rings. The average Bonchev–Trinajstić information content (AvgIpc) is 2.69. The molecule has 0 bridgehead atoms. The van der Waals surface area contributed by atoms with Crippen molar-refractivity contribution in [3.8, 4) is 0 Å². The van der Waals surface area contributed by atoms with E-state index in [1.807, 2.05) is 0 Å². The fourth-order valence-corrected chi connectivity index (χ4v) is 4.41. The van der Waals surface area contributed by atoms with Crippen molar-refractivity contribution in [3.63, 3.8) is 0 Å². The minimum absolute atomic E-state index is 0.297. The van der Waals surface area contributed by atoms with E-state index in [2.05, 4.69) is 9.80 Å². The molecule has 2 aliphatic heterocycles. The van der Waals surface area contributed by atoms with Gasteiger partial charge in [0.1, 0.15) is 5.82 Å². The summed E-state index contributed by atoms with van der Waals surface area (Å²) in [6, 6.07) is 0.921. The minimum Gasteiger partial charge on any atom is -0.341 e. The van der Waals surface area contributed by atoms with Crippen molar-refractivity contribution in [2.45, 2.75) is 75.4 Å². The molecule has 0 radical (unpaired) electrons. The molecule has 27 heavy (non-hydrogen) atoms. The molecule has 2 saturated heterocycles. The first-order valence-electron chi connectivity index (χ1n) is 10.6. The van der Waals surface area contributed by atoms with Gasteiger partial charge in [-0.1, -0.05) is 0 Å². The molecule has 8 nitrogen and oxygen atoms in total. The van der Waals surface area contributed by atoms with Gasteiger partial charge in [0, 0.05) is 50.2 Å². The van der Waals surface area contributed by atoms with Gasteiger partial charge in [0.05, 0.1) is 0 Å². The molecule has 1 saturated carbocycles. The van der Waals surface area contributed by atoms with Gasteiger partial charge in [-0.25, -0.2) is 0 Å². The maximum atomic E-state index is 6.10. The highest BCUT2D eigenvalue weighted by Gasteiger charge is 2.27. The van der Waals surface area contributed by atoms with Crippen LogP contribution in [0.25, 0.3) is 0 Å². The van der Waals surface area contributed by atoms with Gasteiger partial charge in [-0.2, -0.15) is 15.0 Å². The first-order valence-corrected chi connectivity index (χ1v) is 10.6. The first-order chi connectivity index (χ1) is 13.1. The summed E-state index contributed by atoms with van der Waals surface area (Å²) in [7, 11) is 0. The van der Waals surface area contributed by atoms with Crippen LogP contribution in [0.5, 0.6) is 0 Å². The van der Waals surface area contributed by atoms with Crippen LogP contribution in [0.15, 0.2) is 0 Å². The Kier molecular flexibility index (Phi) is 5.75. The Morgan fingerprint density at radius 3 is 1.41 bits per heavy atom. The Hall–Kier alpha value is -1.51. The van der Waals surface area contributed by atoms with E-state index in [0.29, 0.717) is 24.0 Å². The van der Waals surface area contributed by atoms with Gasteiger partial charge in [-0.05, 0) is 51.4 Å². The Morgan fingerprint density at radius 1 is 0.556 bits per heavy atom. The molecular weight excluding hydrogens is 340 g/mol. The number of hydrogen-bond acceptors (Lipinski definition) is 8. The number of nitrogens with zero attached hydrogens (tertiary/aromatic N) is 5. The second-order valence-electron chi connectivity index (χ2n) is 8.55. The molecule has 0 atom stereocenters. The molecule has 0 aromatic carbocycles. The maximum absolute atomic E-state index is 6.10. The monoisotopic (exact) mass is 374 g/mol. The van der Waals surface area contributed by atoms with Gasteiger partial charge < -0.3 is 27.0 Å². The smallest absolute Gasteiger partial charge is 0.230 e. The molecule has 0 spiro atoms. The van der Waals surface area contributed by atoms with E-state index in [-0.39, 0.29) is 0 Å². The first kappa shape index (κ1) is 18.8. The highest BCUT2D eigenvalue weighted by atomic mass is 15.3. The number of rotatable bonds is 3. The molecule has 0 unspecified atom stereocenters. The van der Waals surface area contributed by atoms with Gasteiger partial charge in [0.25, 0.3) is 0 Å². The lowest BCUT2D eigenvalue weighted by molar-refractivity contribution is 0.383. The van der Waals surface area contributed by atoms with Crippen molar-refractivity contribution in [1.82, 2.24) is 15.0 Å². The van der Waals surface area contributed by atoms with Crippen LogP contribution in [-0.2, 0) is 0 Å². The van der Waals surface area contributed by atoms with E-state index < -0.39 is 0 Å². The molecular formula is C19H34N8. The summed E-state index contributed by atoms with van der Waals surface area (Å²) in [6.45, 7) is 3.68. The van der Waals surface area contributed by atoms with Gasteiger partial charge in [0.15, 0.2) is 0 Å². The van der Waals surface area contributed by atoms with Gasteiger partial charge in [0.2, 0.25) is 11.9 Å². The standard InChI is InChI=1S/C19H34N8/c20-14-3-1-13(2-4-14)17-23-18(26-9-5-15(21)6-10-26)25-19(24-17)27-11-7-16(22)8-12-27/h13-16H,1-12,20-22H2. The largest absolute Gasteiger partial charge is 0.341 e. The molecule has 6 N–H and O–H groups in total. The van der Waals surface area contributed by atoms with Crippen LogP contribution in [0.4, 0.5) is 11.9 Å². The van der Waals surface area contributed by atoms with Gasteiger partial charge >= 0.3 is 0 Å². The van der Waals surface area contributed by atoms with E-state index in [9.17, 15) is 0 Å². The lowest BCUT2D eigenvalue weighted by Crippen LogP contribution is -2.42. The van der Waals surface area contributed by atoms with Crippen LogP contribution in [0, 0.1) is 0 Å². The molecule has 1 aromatic heterocycles. The number of anilines is 2. The molecule has 1 aliphatic carbocycles. The van der Waals surface area contributed by atoms with Crippen LogP contribution in [0.1, 0.15) is 63.1 Å². The predicted octanol–water partition coefficient (Wildman–Crippen LogP) is 0.712. The maximum Gasteiger partial charge on any atom is 0.230 e. The van der Waals surface area contributed by atoms with E-state index in [1.165, 1.54) is 0 Å². The summed E-state index contributed by atoms with van der Waals surface area (Å²) < 4.78 is 0. The number of nitrogens with two attached hydrogens (primary N) is 3. The van der Waals surface area contributed by atoms with Crippen LogP contribution in [0.2, 0.25) is 0 Å². The van der Waals surface area contributed by atoms with Crippen LogP contribution in [-0.4, -0.2) is 59.3 Å². The van der Waals surface area contributed by atoms with Crippen molar-refractivity contribution in [3.05, 3.63) is 5.82 Å². The molecule has 4 rings (SSSR count). The Labute approximate surface area is 161 Å². The van der Waals surface area contributed by atoms with E-state index >= 15 is 0 Å². The van der Waals surface area contributed by atoms with Crippen molar-refractivity contribution in [2.24, 2.45) is 17.2 Å². The van der Waals surface area contributed by atoms with Crippen LogP contribution in [0.3, 0.4) is 0 Å². The van der Waals surface area contributed by atoms with Crippen LogP contribution >= 0.6 is 0 Å². The minimum atomic E-state index is 0.297. The van der Waals surface area contributed by atoms with E-state index in [0.717, 1.165) is 95.3 Å². The predicted molar refractivity (Wildman–Crippen MR) is 108 cm³/mol. The SMILES string of the molecule is NC1CCC(c2nc(N3CCC(N)CC3)nc(N3CCC(N)CC3)n2)CC1. The highest BCUT2D eigenvalue weighted by molar-refractivity contribution is 5.40. The Balaban J connectivity index is 1.59. The molecule has 8 heteroatoms. The summed E-state index contributed by atoms with van der Waals surface area (Å²) in [6.07, 6.45) is 8.22. The van der Waals surface area contributed by atoms with E-state index in [4.69, 9.17) is 32.2 Å². The number of hydrogen-bond donors (Lipinski definition) is 3. The third kappa shape index (κ3) is 4.50. The molecule has 3 fully saturated rings. The zero-order chi connectivity index (χ0) is 18.8. The molecule has 0 amide bonds.